The van der Waals surface area contributed by atoms with Crippen LogP contribution in [-0.4, -0.2) is 70.2 Å². The molecule has 1 saturated carbocycles. The fraction of sp³-hybridized carbons (Fsp3) is 0.278. The zero-order valence-electron chi connectivity index (χ0n) is 27.4. The molecule has 14 heteroatoms. The van der Waals surface area contributed by atoms with E-state index in [9.17, 15) is 19.5 Å². The number of amides is 3. The molecule has 0 spiro atoms. The summed E-state index contributed by atoms with van der Waals surface area (Å²) >= 11 is 0. The molecule has 14 nitrogen and oxygen atoms in total. The number of nitrogens with one attached hydrogen (secondary N) is 3. The number of nitrogens with two attached hydrogens (primary N) is 1. The molecule has 256 valence electrons. The van der Waals surface area contributed by atoms with Crippen molar-refractivity contribution in [3.8, 4) is 17.5 Å². The van der Waals surface area contributed by atoms with Crippen LogP contribution in [0.25, 0.3) is 21.8 Å². The van der Waals surface area contributed by atoms with Gasteiger partial charge in [-0.15, -0.1) is 0 Å². The first kappa shape index (κ1) is 32.7. The lowest BCUT2D eigenvalue weighted by Gasteiger charge is -2.42. The van der Waals surface area contributed by atoms with Crippen molar-refractivity contribution in [1.82, 2.24) is 20.3 Å². The molecule has 4 heterocycles. The van der Waals surface area contributed by atoms with Gasteiger partial charge in [0.05, 0.1) is 36.6 Å². The van der Waals surface area contributed by atoms with E-state index >= 15 is 0 Å². The van der Waals surface area contributed by atoms with Crippen LogP contribution in [-0.2, 0) is 16.1 Å². The quantitative estimate of drug-likeness (QED) is 0.153. The van der Waals surface area contributed by atoms with Gasteiger partial charge in [0.25, 0.3) is 17.7 Å². The number of fused-ring (bicyclic) bond motifs is 3. The van der Waals surface area contributed by atoms with Crippen LogP contribution in [0.1, 0.15) is 46.8 Å². The summed E-state index contributed by atoms with van der Waals surface area (Å²) in [6.07, 6.45) is 0.911. The number of hydrogen-bond donors (Lipinski definition) is 5. The summed E-state index contributed by atoms with van der Waals surface area (Å²) in [5, 5.41) is 23.1. The number of nitrogens with zero attached hydrogens (tertiary/aromatic N) is 3. The number of carbonyl (C=O) groups excluding carboxylic acids is 3. The standard InChI is InChI=1S/C36H35N7O7/c1-48-29-12-9-19-5-4-8-26(31(19)42-29)40-35(46)36(47)14-13-21(38-17-22-10-11-27-33(39-22)41-28(44)18-50-27)16-25(36)23-7-3-6-20-15-24(32(37)45)34(49-2)43-30(20)23/h3-12,15,21,25,38,47H,13-14,16-18H2,1-2H3,(H2,37,45)(H,40,46)(H,39,41,44)/t21-,25?,36-/m0/s1. The summed E-state index contributed by atoms with van der Waals surface area (Å²) in [7, 11) is 2.91. The van der Waals surface area contributed by atoms with Gasteiger partial charge in [0, 0.05) is 35.3 Å². The van der Waals surface area contributed by atoms with Gasteiger partial charge in [0.1, 0.15) is 11.2 Å². The van der Waals surface area contributed by atoms with E-state index in [1.165, 1.54) is 14.2 Å². The molecule has 1 aliphatic heterocycles. The summed E-state index contributed by atoms with van der Waals surface area (Å²) in [4.78, 5) is 52.1. The fourth-order valence-corrected chi connectivity index (χ4v) is 6.75. The van der Waals surface area contributed by atoms with E-state index in [4.69, 9.17) is 19.9 Å². The maximum Gasteiger partial charge on any atom is 0.263 e. The SMILES string of the molecule is COc1ccc2cccc(NC(=O)[C@]3(O)CC[C@H](NCc4ccc5c(n4)NC(=O)CO5)CC3c3cccc4cc(C(N)=O)c(OC)nc34)c2n1. The molecule has 1 unspecified atom stereocenters. The van der Waals surface area contributed by atoms with Crippen molar-refractivity contribution < 1.29 is 33.7 Å². The summed E-state index contributed by atoms with van der Waals surface area (Å²) in [6, 6.07) is 19.4. The Morgan fingerprint density at radius 2 is 1.84 bits per heavy atom. The average molecular weight is 678 g/mol. The van der Waals surface area contributed by atoms with Gasteiger partial charge >= 0.3 is 0 Å². The number of benzene rings is 2. The molecule has 0 radical (unpaired) electrons. The second-order valence-corrected chi connectivity index (χ2v) is 12.3. The molecule has 1 aliphatic carbocycles. The minimum absolute atomic E-state index is 0.0428. The third kappa shape index (κ3) is 6.10. The van der Waals surface area contributed by atoms with E-state index in [-0.39, 0.29) is 36.4 Å². The van der Waals surface area contributed by atoms with Crippen LogP contribution >= 0.6 is 0 Å². The molecule has 6 N–H and O–H groups in total. The van der Waals surface area contributed by atoms with Gasteiger partial charge in [0.15, 0.2) is 18.2 Å². The monoisotopic (exact) mass is 677 g/mol. The smallest absolute Gasteiger partial charge is 0.263 e. The summed E-state index contributed by atoms with van der Waals surface area (Å²) in [5.41, 5.74) is 6.55. The van der Waals surface area contributed by atoms with Gasteiger partial charge < -0.3 is 41.0 Å². The molecule has 3 atom stereocenters. The Morgan fingerprint density at radius 1 is 1.02 bits per heavy atom. The van der Waals surface area contributed by atoms with Crippen LogP contribution in [0.15, 0.2) is 66.7 Å². The normalized spacial score (nSPS) is 20.0. The number of hydrogen-bond acceptors (Lipinski definition) is 11. The highest BCUT2D eigenvalue weighted by atomic mass is 16.5. The fourth-order valence-electron chi connectivity index (χ4n) is 6.75. The summed E-state index contributed by atoms with van der Waals surface area (Å²) in [5.74, 6) is -1.02. The van der Waals surface area contributed by atoms with Gasteiger partial charge in [-0.05, 0) is 55.2 Å². The predicted molar refractivity (Wildman–Crippen MR) is 184 cm³/mol. The molecule has 1 fully saturated rings. The van der Waals surface area contributed by atoms with Crippen LogP contribution in [0, 0.1) is 0 Å². The number of para-hydroxylation sites is 2. The van der Waals surface area contributed by atoms with Crippen LogP contribution in [0.3, 0.4) is 0 Å². The van der Waals surface area contributed by atoms with Crippen LogP contribution in [0.4, 0.5) is 11.5 Å². The van der Waals surface area contributed by atoms with Gasteiger partial charge in [-0.2, -0.15) is 0 Å². The topological polar surface area (TPSA) is 200 Å². The Bertz CT molecular complexity index is 2160. The highest BCUT2D eigenvalue weighted by Crippen LogP contribution is 2.44. The summed E-state index contributed by atoms with van der Waals surface area (Å²) < 4.78 is 16.2. The number of rotatable bonds is 9. The minimum atomic E-state index is -1.88. The largest absolute Gasteiger partial charge is 0.481 e. The highest BCUT2D eigenvalue weighted by Gasteiger charge is 2.49. The Morgan fingerprint density at radius 3 is 2.64 bits per heavy atom. The van der Waals surface area contributed by atoms with Gasteiger partial charge in [-0.25, -0.2) is 15.0 Å². The van der Waals surface area contributed by atoms with E-state index in [0.29, 0.717) is 70.2 Å². The number of primary amides is 1. The molecule has 5 aromatic rings. The lowest BCUT2D eigenvalue weighted by molar-refractivity contribution is -0.140. The van der Waals surface area contributed by atoms with Crippen molar-refractivity contribution in [1.29, 1.82) is 0 Å². The number of ether oxygens (including phenoxy) is 3. The van der Waals surface area contributed by atoms with E-state index in [0.717, 1.165) is 5.39 Å². The lowest BCUT2D eigenvalue weighted by atomic mass is 9.69. The number of anilines is 2. The van der Waals surface area contributed by atoms with Crippen LogP contribution in [0.5, 0.6) is 17.5 Å². The van der Waals surface area contributed by atoms with E-state index in [1.54, 1.807) is 42.5 Å². The molecular formula is C36H35N7O7. The van der Waals surface area contributed by atoms with Gasteiger partial charge in [-0.3, -0.25) is 14.4 Å². The van der Waals surface area contributed by atoms with Crippen molar-refractivity contribution >= 4 is 51.0 Å². The Hall–Kier alpha value is -5.86. The Kier molecular flexibility index (Phi) is 8.64. The molecule has 0 saturated heterocycles. The molecule has 7 rings (SSSR count). The average Bonchev–Trinajstić information content (AvgIpc) is 3.13. The zero-order valence-corrected chi connectivity index (χ0v) is 27.4. The highest BCUT2D eigenvalue weighted by molar-refractivity contribution is 6.05. The zero-order chi connectivity index (χ0) is 35.0. The third-order valence-corrected chi connectivity index (χ3v) is 9.30. The van der Waals surface area contributed by atoms with Crippen molar-refractivity contribution in [3.05, 3.63) is 83.6 Å². The molecule has 3 aromatic heterocycles. The van der Waals surface area contributed by atoms with E-state index in [1.807, 2.05) is 24.3 Å². The number of aliphatic hydroxyl groups is 1. The molecule has 50 heavy (non-hydrogen) atoms. The van der Waals surface area contributed by atoms with Crippen LogP contribution in [0.2, 0.25) is 0 Å². The van der Waals surface area contributed by atoms with Crippen molar-refractivity contribution in [2.24, 2.45) is 5.73 Å². The number of methoxy groups -OCH3 is 2. The predicted octanol–water partition coefficient (Wildman–Crippen LogP) is 3.42. The van der Waals surface area contributed by atoms with Gasteiger partial charge in [-0.1, -0.05) is 30.3 Å². The first-order valence-electron chi connectivity index (χ1n) is 16.1. The van der Waals surface area contributed by atoms with Crippen molar-refractivity contribution in [3.63, 3.8) is 0 Å². The Labute approximate surface area is 286 Å². The van der Waals surface area contributed by atoms with Gasteiger partial charge in [0.2, 0.25) is 11.8 Å². The van der Waals surface area contributed by atoms with E-state index < -0.39 is 23.3 Å². The summed E-state index contributed by atoms with van der Waals surface area (Å²) in [6.45, 7) is 0.300. The number of carbonyl (C=O) groups is 3. The number of aromatic nitrogens is 3. The Balaban J connectivity index is 1.24. The minimum Gasteiger partial charge on any atom is -0.481 e. The molecular weight excluding hydrogens is 642 g/mol. The molecule has 3 amide bonds. The van der Waals surface area contributed by atoms with E-state index in [2.05, 4.69) is 30.9 Å². The first-order chi connectivity index (χ1) is 24.2. The molecule has 0 bridgehead atoms. The maximum absolute atomic E-state index is 14.3. The maximum atomic E-state index is 14.3. The van der Waals surface area contributed by atoms with Crippen molar-refractivity contribution in [2.75, 3.05) is 31.5 Å². The van der Waals surface area contributed by atoms with Crippen LogP contribution < -0.4 is 35.9 Å². The molecule has 2 aliphatic rings. The first-order valence-corrected chi connectivity index (χ1v) is 16.1. The second-order valence-electron chi connectivity index (χ2n) is 12.3. The second kappa shape index (κ2) is 13.2. The molecule has 2 aromatic carbocycles. The lowest BCUT2D eigenvalue weighted by Crippen LogP contribution is -2.54. The number of pyridine rings is 3. The third-order valence-electron chi connectivity index (χ3n) is 9.30. The van der Waals surface area contributed by atoms with Crippen molar-refractivity contribution in [2.45, 2.75) is 43.4 Å².